The van der Waals surface area contributed by atoms with Crippen molar-refractivity contribution in [2.45, 2.75) is 39.7 Å². The van der Waals surface area contributed by atoms with Gasteiger partial charge >= 0.3 is 0 Å². The Hall–Kier alpha value is -1.36. The number of methoxy groups -OCH3 is 1. The second-order valence-corrected chi connectivity index (χ2v) is 4.17. The first-order valence-corrected chi connectivity index (χ1v) is 6.46. The third-order valence-corrected chi connectivity index (χ3v) is 2.46. The van der Waals surface area contributed by atoms with Crippen LogP contribution in [0, 0.1) is 0 Å². The van der Waals surface area contributed by atoms with Gasteiger partial charge in [0, 0.05) is 13.7 Å². The number of hydrogen-bond acceptors (Lipinski definition) is 5. The van der Waals surface area contributed by atoms with Gasteiger partial charge in [-0.1, -0.05) is 13.3 Å². The van der Waals surface area contributed by atoms with Crippen LogP contribution in [0.25, 0.3) is 0 Å². The molecule has 1 rings (SSSR count). The third kappa shape index (κ3) is 4.14. The lowest BCUT2D eigenvalue weighted by molar-refractivity contribution is 0.0881. The molecule has 0 aromatic carbocycles. The van der Waals surface area contributed by atoms with Crippen molar-refractivity contribution >= 4 is 5.82 Å². The monoisotopic (exact) mass is 253 g/mol. The van der Waals surface area contributed by atoms with E-state index < -0.39 is 0 Å². The standard InChI is InChI=1S/C13H23N3O2/c1-5-7-11-12(14-6-2)15-9-16-13(11)18-10(3)8-17-4/h9-10H,5-8H2,1-4H3,(H,14,15,16). The maximum atomic E-state index is 5.81. The molecule has 5 heteroatoms. The highest BCUT2D eigenvalue weighted by molar-refractivity contribution is 5.48. The quantitative estimate of drug-likeness (QED) is 0.770. The fourth-order valence-electron chi connectivity index (χ4n) is 1.75. The molecule has 5 nitrogen and oxygen atoms in total. The molecule has 1 atom stereocenters. The van der Waals surface area contributed by atoms with E-state index in [1.54, 1.807) is 7.11 Å². The molecule has 1 aromatic heterocycles. The number of anilines is 1. The van der Waals surface area contributed by atoms with Gasteiger partial charge in [0.05, 0.1) is 12.2 Å². The zero-order valence-electron chi connectivity index (χ0n) is 11.7. The molecule has 102 valence electrons. The van der Waals surface area contributed by atoms with E-state index in [0.717, 1.165) is 30.8 Å². The summed E-state index contributed by atoms with van der Waals surface area (Å²) in [7, 11) is 1.66. The van der Waals surface area contributed by atoms with Gasteiger partial charge in [-0.05, 0) is 20.3 Å². The molecule has 1 heterocycles. The number of aromatic nitrogens is 2. The summed E-state index contributed by atoms with van der Waals surface area (Å²) in [4.78, 5) is 8.50. The highest BCUT2D eigenvalue weighted by Crippen LogP contribution is 2.24. The largest absolute Gasteiger partial charge is 0.472 e. The van der Waals surface area contributed by atoms with E-state index in [1.807, 2.05) is 13.8 Å². The van der Waals surface area contributed by atoms with E-state index in [2.05, 4.69) is 22.2 Å². The SMILES string of the molecule is CCCc1c(NCC)ncnc1OC(C)COC. The van der Waals surface area contributed by atoms with Crippen LogP contribution >= 0.6 is 0 Å². The predicted molar refractivity (Wildman–Crippen MR) is 72.2 cm³/mol. The summed E-state index contributed by atoms with van der Waals surface area (Å²) in [5, 5.41) is 3.24. The molecule has 0 aliphatic rings. The summed E-state index contributed by atoms with van der Waals surface area (Å²) in [6.07, 6.45) is 3.44. The Morgan fingerprint density at radius 3 is 2.72 bits per heavy atom. The van der Waals surface area contributed by atoms with Crippen molar-refractivity contribution in [3.8, 4) is 5.88 Å². The Labute approximate surface area is 109 Å². The highest BCUT2D eigenvalue weighted by atomic mass is 16.5. The van der Waals surface area contributed by atoms with Gasteiger partial charge in [0.15, 0.2) is 0 Å². The minimum atomic E-state index is -0.0185. The second-order valence-electron chi connectivity index (χ2n) is 4.17. The molecule has 1 unspecified atom stereocenters. The molecular weight excluding hydrogens is 230 g/mol. The molecule has 1 aromatic rings. The van der Waals surface area contributed by atoms with Gasteiger partial charge in [-0.15, -0.1) is 0 Å². The molecule has 0 amide bonds. The van der Waals surface area contributed by atoms with Gasteiger partial charge in [0.2, 0.25) is 5.88 Å². The molecule has 18 heavy (non-hydrogen) atoms. The van der Waals surface area contributed by atoms with Crippen molar-refractivity contribution in [1.29, 1.82) is 0 Å². The Balaban J connectivity index is 2.90. The maximum Gasteiger partial charge on any atom is 0.222 e. The lowest BCUT2D eigenvalue weighted by atomic mass is 10.1. The average molecular weight is 253 g/mol. The molecule has 0 saturated carbocycles. The van der Waals surface area contributed by atoms with Crippen molar-refractivity contribution in [2.75, 3.05) is 25.6 Å². The summed E-state index contributed by atoms with van der Waals surface area (Å²) < 4.78 is 10.9. The number of nitrogens with zero attached hydrogens (tertiary/aromatic N) is 2. The lowest BCUT2D eigenvalue weighted by Gasteiger charge is -2.17. The van der Waals surface area contributed by atoms with Crippen molar-refractivity contribution < 1.29 is 9.47 Å². The van der Waals surface area contributed by atoms with Crippen LogP contribution in [-0.4, -0.2) is 36.3 Å². The first-order valence-electron chi connectivity index (χ1n) is 6.46. The van der Waals surface area contributed by atoms with Gasteiger partial charge in [0.25, 0.3) is 0 Å². The summed E-state index contributed by atoms with van der Waals surface area (Å²) in [6.45, 7) is 7.53. The molecule has 0 spiro atoms. The Morgan fingerprint density at radius 2 is 2.11 bits per heavy atom. The average Bonchev–Trinajstić information content (AvgIpc) is 2.34. The zero-order chi connectivity index (χ0) is 13.4. The van der Waals surface area contributed by atoms with Gasteiger partial charge < -0.3 is 14.8 Å². The van der Waals surface area contributed by atoms with Crippen molar-refractivity contribution in [3.05, 3.63) is 11.9 Å². The second kappa shape index (κ2) is 7.87. The smallest absolute Gasteiger partial charge is 0.222 e. The number of rotatable bonds is 8. The lowest BCUT2D eigenvalue weighted by Crippen LogP contribution is -2.20. The van der Waals surface area contributed by atoms with E-state index in [4.69, 9.17) is 9.47 Å². The molecule has 0 fully saturated rings. The fraction of sp³-hybridized carbons (Fsp3) is 0.692. The van der Waals surface area contributed by atoms with Crippen LogP contribution in [0.2, 0.25) is 0 Å². The zero-order valence-corrected chi connectivity index (χ0v) is 11.7. The molecule has 0 aliphatic heterocycles. The Kier molecular flexibility index (Phi) is 6.43. The van der Waals surface area contributed by atoms with Crippen molar-refractivity contribution in [3.63, 3.8) is 0 Å². The summed E-state index contributed by atoms with van der Waals surface area (Å²) in [6, 6.07) is 0. The topological polar surface area (TPSA) is 56.3 Å². The van der Waals surface area contributed by atoms with Crippen LogP contribution in [0.1, 0.15) is 32.8 Å². The van der Waals surface area contributed by atoms with Crippen molar-refractivity contribution in [2.24, 2.45) is 0 Å². The van der Waals surface area contributed by atoms with Crippen LogP contribution < -0.4 is 10.1 Å². The minimum Gasteiger partial charge on any atom is -0.472 e. The van der Waals surface area contributed by atoms with Gasteiger partial charge in [-0.25, -0.2) is 9.97 Å². The Morgan fingerprint density at radius 1 is 1.33 bits per heavy atom. The number of ether oxygens (including phenoxy) is 2. The molecule has 0 saturated heterocycles. The fourth-order valence-corrected chi connectivity index (χ4v) is 1.75. The van der Waals surface area contributed by atoms with Crippen LogP contribution in [0.3, 0.4) is 0 Å². The third-order valence-electron chi connectivity index (χ3n) is 2.46. The predicted octanol–water partition coefficient (Wildman–Crippen LogP) is 2.27. The van der Waals surface area contributed by atoms with Crippen molar-refractivity contribution in [1.82, 2.24) is 9.97 Å². The number of nitrogens with one attached hydrogen (secondary N) is 1. The molecule has 0 aliphatic carbocycles. The first kappa shape index (κ1) is 14.7. The molecule has 1 N–H and O–H groups in total. The van der Waals surface area contributed by atoms with E-state index in [0.29, 0.717) is 12.5 Å². The normalized spacial score (nSPS) is 12.2. The van der Waals surface area contributed by atoms with E-state index in [1.165, 1.54) is 6.33 Å². The maximum absolute atomic E-state index is 5.81. The van der Waals surface area contributed by atoms with Crippen LogP contribution in [0.4, 0.5) is 5.82 Å². The van der Waals surface area contributed by atoms with Crippen LogP contribution in [-0.2, 0) is 11.2 Å². The molecule has 0 bridgehead atoms. The van der Waals surface area contributed by atoms with Crippen LogP contribution in [0.15, 0.2) is 6.33 Å². The Bertz CT molecular complexity index is 358. The summed E-state index contributed by atoms with van der Waals surface area (Å²) in [5.74, 6) is 1.53. The first-order chi connectivity index (χ1) is 8.72. The van der Waals surface area contributed by atoms with Gasteiger partial charge in [0.1, 0.15) is 18.2 Å². The minimum absolute atomic E-state index is 0.0185. The highest BCUT2D eigenvalue weighted by Gasteiger charge is 2.14. The van der Waals surface area contributed by atoms with Gasteiger partial charge in [-0.2, -0.15) is 0 Å². The van der Waals surface area contributed by atoms with E-state index in [9.17, 15) is 0 Å². The number of hydrogen-bond donors (Lipinski definition) is 1. The van der Waals surface area contributed by atoms with E-state index >= 15 is 0 Å². The summed E-state index contributed by atoms with van der Waals surface area (Å²) >= 11 is 0. The van der Waals surface area contributed by atoms with Gasteiger partial charge in [-0.3, -0.25) is 0 Å². The molecule has 0 radical (unpaired) electrons. The van der Waals surface area contributed by atoms with Crippen LogP contribution in [0.5, 0.6) is 5.88 Å². The molecular formula is C13H23N3O2. The van der Waals surface area contributed by atoms with E-state index in [-0.39, 0.29) is 6.10 Å². The summed E-state index contributed by atoms with van der Waals surface area (Å²) in [5.41, 5.74) is 1.05.